The highest BCUT2D eigenvalue weighted by atomic mass is 16.6. The number of carbonyl (C=O) groups excluding carboxylic acids is 1. The van der Waals surface area contributed by atoms with E-state index in [2.05, 4.69) is 25.6 Å². The van der Waals surface area contributed by atoms with Gasteiger partial charge in [-0.25, -0.2) is 9.78 Å². The number of ether oxygens (including phenoxy) is 2. The van der Waals surface area contributed by atoms with Gasteiger partial charge in [0.15, 0.2) is 0 Å². The van der Waals surface area contributed by atoms with Gasteiger partial charge in [0, 0.05) is 12.7 Å². The quantitative estimate of drug-likeness (QED) is 0.204. The Morgan fingerprint density at radius 2 is 1.74 bits per heavy atom. The Balaban J connectivity index is 1.38. The molecule has 1 amide bonds. The van der Waals surface area contributed by atoms with Crippen molar-refractivity contribution in [1.29, 1.82) is 0 Å². The van der Waals surface area contributed by atoms with Crippen LogP contribution in [0, 0.1) is 0 Å². The number of para-hydroxylation sites is 1. The molecule has 3 aromatic carbocycles. The molecule has 1 atom stereocenters. The number of aromatic amines is 2. The highest BCUT2D eigenvalue weighted by Crippen LogP contribution is 2.28. The van der Waals surface area contributed by atoms with Crippen LogP contribution in [0.5, 0.6) is 11.5 Å². The fourth-order valence-corrected chi connectivity index (χ4v) is 4.00. The molecule has 0 aliphatic rings. The summed E-state index contributed by atoms with van der Waals surface area (Å²) in [6.07, 6.45) is 0.0635. The third-order valence-corrected chi connectivity index (χ3v) is 5.89. The van der Waals surface area contributed by atoms with Crippen LogP contribution in [0.25, 0.3) is 22.4 Å². The zero-order chi connectivity index (χ0) is 26.5. The van der Waals surface area contributed by atoms with Crippen molar-refractivity contribution in [3.05, 3.63) is 101 Å². The summed E-state index contributed by atoms with van der Waals surface area (Å²) in [6.45, 7) is 0.185. The second kappa shape index (κ2) is 10.9. The Hall–Kier alpha value is -5.09. The van der Waals surface area contributed by atoms with Crippen molar-refractivity contribution in [2.75, 3.05) is 24.3 Å². The molecule has 2 aromatic heterocycles. The first kappa shape index (κ1) is 24.6. The summed E-state index contributed by atoms with van der Waals surface area (Å²) in [5.74, 6) is 1.30. The van der Waals surface area contributed by atoms with Crippen molar-refractivity contribution in [1.82, 2.24) is 15.0 Å². The molecule has 0 radical (unpaired) electrons. The molecule has 38 heavy (non-hydrogen) atoms. The summed E-state index contributed by atoms with van der Waals surface area (Å²) in [6, 6.07) is 22.8. The molecule has 0 unspecified atom stereocenters. The smallest absolute Gasteiger partial charge is 0.417 e. The SMILES string of the molecule is COc1ccc(OC(=O)Nc2cccc3nc(-c4c(NC[C@@H](O)c5ccccc5)cc[nH]c4=O)[nH]c23)cc1. The lowest BCUT2D eigenvalue weighted by molar-refractivity contribution is 0.191. The molecule has 0 spiro atoms. The summed E-state index contributed by atoms with van der Waals surface area (Å²) >= 11 is 0. The number of benzene rings is 3. The summed E-state index contributed by atoms with van der Waals surface area (Å²) in [5, 5.41) is 16.4. The lowest BCUT2D eigenvalue weighted by atomic mass is 10.1. The van der Waals surface area contributed by atoms with Crippen molar-refractivity contribution >= 4 is 28.5 Å². The number of aromatic nitrogens is 3. The maximum absolute atomic E-state index is 12.8. The average Bonchev–Trinajstić information content (AvgIpc) is 3.37. The summed E-state index contributed by atoms with van der Waals surface area (Å²) in [5.41, 5.74) is 2.66. The highest BCUT2D eigenvalue weighted by Gasteiger charge is 2.18. The van der Waals surface area contributed by atoms with Crippen LogP contribution in [0.2, 0.25) is 0 Å². The Kier molecular flexibility index (Phi) is 7.05. The number of aliphatic hydroxyl groups excluding tert-OH is 1. The summed E-state index contributed by atoms with van der Waals surface area (Å²) in [4.78, 5) is 35.8. The number of pyridine rings is 1. The number of aliphatic hydroxyl groups is 1. The maximum atomic E-state index is 12.8. The van der Waals surface area contributed by atoms with Crippen LogP contribution in [-0.4, -0.2) is 39.8 Å². The first-order valence-corrected chi connectivity index (χ1v) is 11.8. The van der Waals surface area contributed by atoms with Gasteiger partial charge in [-0.1, -0.05) is 36.4 Å². The van der Waals surface area contributed by atoms with Crippen molar-refractivity contribution in [2.45, 2.75) is 6.10 Å². The molecule has 0 saturated carbocycles. The molecule has 0 saturated heterocycles. The Labute approximate surface area is 217 Å². The molecule has 0 aliphatic carbocycles. The zero-order valence-corrected chi connectivity index (χ0v) is 20.4. The molecular formula is C28H25N5O5. The molecule has 2 heterocycles. The lowest BCUT2D eigenvalue weighted by Crippen LogP contribution is -2.17. The fourth-order valence-electron chi connectivity index (χ4n) is 4.00. The second-order valence-corrected chi connectivity index (χ2v) is 8.38. The van der Waals surface area contributed by atoms with E-state index < -0.39 is 12.2 Å². The predicted molar refractivity (Wildman–Crippen MR) is 145 cm³/mol. The standard InChI is InChI=1S/C28H25N5O5/c1-37-18-10-12-19(13-11-18)38-28(36)32-22-9-5-8-21-25(22)33-26(31-21)24-20(14-15-29-27(24)35)30-16-23(34)17-6-3-2-4-7-17/h2-15,23,34H,16H2,1H3,(H,31,33)(H,32,36)(H2,29,30,35)/t23-/m1/s1. The van der Waals surface area contributed by atoms with Gasteiger partial charge in [-0.2, -0.15) is 0 Å². The summed E-state index contributed by atoms with van der Waals surface area (Å²) in [7, 11) is 1.55. The third kappa shape index (κ3) is 5.35. The number of fused-ring (bicyclic) bond motifs is 1. The van der Waals surface area contributed by atoms with Crippen LogP contribution in [0.3, 0.4) is 0 Å². The minimum absolute atomic E-state index is 0.185. The first-order valence-electron chi connectivity index (χ1n) is 11.8. The Morgan fingerprint density at radius 3 is 2.50 bits per heavy atom. The molecule has 0 fully saturated rings. The van der Waals surface area contributed by atoms with Crippen molar-refractivity contribution in [3.63, 3.8) is 0 Å². The minimum Gasteiger partial charge on any atom is -0.497 e. The summed E-state index contributed by atoms with van der Waals surface area (Å²) < 4.78 is 10.5. The molecule has 10 heteroatoms. The largest absolute Gasteiger partial charge is 0.497 e. The number of imidazole rings is 1. The van der Waals surface area contributed by atoms with Crippen molar-refractivity contribution in [2.24, 2.45) is 0 Å². The van der Waals surface area contributed by atoms with Gasteiger partial charge in [0.1, 0.15) is 22.9 Å². The van der Waals surface area contributed by atoms with E-state index >= 15 is 0 Å². The van der Waals surface area contributed by atoms with Gasteiger partial charge in [-0.15, -0.1) is 0 Å². The van der Waals surface area contributed by atoms with E-state index in [1.807, 2.05) is 30.3 Å². The van der Waals surface area contributed by atoms with E-state index in [0.717, 1.165) is 5.56 Å². The van der Waals surface area contributed by atoms with Gasteiger partial charge < -0.3 is 29.9 Å². The third-order valence-electron chi connectivity index (χ3n) is 5.89. The number of rotatable bonds is 8. The van der Waals surface area contributed by atoms with Gasteiger partial charge in [0.05, 0.1) is 35.6 Å². The molecule has 192 valence electrons. The highest BCUT2D eigenvalue weighted by molar-refractivity contribution is 5.98. The van der Waals surface area contributed by atoms with E-state index in [-0.39, 0.29) is 17.7 Å². The number of hydrogen-bond acceptors (Lipinski definition) is 7. The van der Waals surface area contributed by atoms with Crippen LogP contribution >= 0.6 is 0 Å². The van der Waals surface area contributed by atoms with Crippen molar-refractivity contribution in [3.8, 4) is 22.9 Å². The number of hydrogen-bond donors (Lipinski definition) is 5. The normalized spacial score (nSPS) is 11.6. The molecular weight excluding hydrogens is 486 g/mol. The van der Waals surface area contributed by atoms with Gasteiger partial charge >= 0.3 is 6.09 Å². The van der Waals surface area contributed by atoms with Crippen molar-refractivity contribution < 1.29 is 19.4 Å². The minimum atomic E-state index is -0.772. The van der Waals surface area contributed by atoms with E-state index in [1.54, 1.807) is 55.6 Å². The van der Waals surface area contributed by atoms with Crippen LogP contribution in [0.15, 0.2) is 89.9 Å². The average molecular weight is 512 g/mol. The van der Waals surface area contributed by atoms with E-state index in [9.17, 15) is 14.7 Å². The van der Waals surface area contributed by atoms with E-state index in [1.165, 1.54) is 6.20 Å². The van der Waals surface area contributed by atoms with Crippen LogP contribution < -0.4 is 25.7 Å². The zero-order valence-electron chi connectivity index (χ0n) is 20.4. The lowest BCUT2D eigenvalue weighted by Gasteiger charge is -2.14. The van der Waals surface area contributed by atoms with Gasteiger partial charge in [0.2, 0.25) is 0 Å². The molecule has 0 aliphatic heterocycles. The number of nitrogens with zero attached hydrogens (tertiary/aromatic N) is 1. The Bertz CT molecular complexity index is 1610. The van der Waals surface area contributed by atoms with Gasteiger partial charge in [-0.3, -0.25) is 10.1 Å². The number of methoxy groups -OCH3 is 1. The number of H-pyrrole nitrogens is 2. The van der Waals surface area contributed by atoms with Crippen LogP contribution in [-0.2, 0) is 0 Å². The first-order chi connectivity index (χ1) is 18.5. The number of nitrogens with one attached hydrogen (secondary N) is 4. The van der Waals surface area contributed by atoms with Gasteiger partial charge in [0.25, 0.3) is 5.56 Å². The molecule has 0 bridgehead atoms. The molecule has 10 nitrogen and oxygen atoms in total. The van der Waals surface area contributed by atoms with Crippen LogP contribution in [0.1, 0.15) is 11.7 Å². The number of amides is 1. The van der Waals surface area contributed by atoms with E-state index in [0.29, 0.717) is 39.7 Å². The monoisotopic (exact) mass is 511 g/mol. The number of anilines is 2. The Morgan fingerprint density at radius 1 is 0.974 bits per heavy atom. The van der Waals surface area contributed by atoms with Crippen LogP contribution in [0.4, 0.5) is 16.2 Å². The predicted octanol–water partition coefficient (Wildman–Crippen LogP) is 4.68. The van der Waals surface area contributed by atoms with Gasteiger partial charge in [-0.05, 0) is 48.0 Å². The molecule has 5 aromatic rings. The molecule has 5 N–H and O–H groups in total. The number of carbonyl (C=O) groups is 1. The molecule has 5 rings (SSSR count). The second-order valence-electron chi connectivity index (χ2n) is 8.38. The maximum Gasteiger partial charge on any atom is 0.417 e. The fraction of sp³-hybridized carbons (Fsp3) is 0.107. The topological polar surface area (TPSA) is 141 Å². The van der Waals surface area contributed by atoms with E-state index in [4.69, 9.17) is 9.47 Å².